The molecule has 1 saturated heterocycles. The minimum atomic E-state index is 0.0813. The number of fused-ring (bicyclic) bond motifs is 1. The Labute approximate surface area is 165 Å². The van der Waals surface area contributed by atoms with E-state index in [9.17, 15) is 0 Å². The highest BCUT2D eigenvalue weighted by Gasteiger charge is 2.13. The maximum atomic E-state index is 9.14. The quantitative estimate of drug-likeness (QED) is 0.712. The third-order valence-corrected chi connectivity index (χ3v) is 5.45. The van der Waals surface area contributed by atoms with Gasteiger partial charge < -0.3 is 9.84 Å². The van der Waals surface area contributed by atoms with Crippen molar-refractivity contribution in [3.05, 3.63) is 47.3 Å². The summed E-state index contributed by atoms with van der Waals surface area (Å²) in [6, 6.07) is 8.75. The number of aliphatic hydroxyl groups is 1. The first kappa shape index (κ1) is 19.1. The monoisotopic (exact) mass is 380 g/mol. The molecule has 0 bridgehead atoms. The molecule has 6 nitrogen and oxygen atoms in total. The highest BCUT2D eigenvalue weighted by Crippen LogP contribution is 2.27. The van der Waals surface area contributed by atoms with Gasteiger partial charge in [-0.25, -0.2) is 4.98 Å². The van der Waals surface area contributed by atoms with Crippen LogP contribution in [0.1, 0.15) is 16.8 Å². The van der Waals surface area contributed by atoms with Crippen LogP contribution in [0.25, 0.3) is 22.2 Å². The van der Waals surface area contributed by atoms with E-state index in [2.05, 4.69) is 41.2 Å². The van der Waals surface area contributed by atoms with E-state index >= 15 is 0 Å². The van der Waals surface area contributed by atoms with Gasteiger partial charge in [0.05, 0.1) is 43.3 Å². The number of hydrogen-bond donors (Lipinski definition) is 1. The van der Waals surface area contributed by atoms with Crippen molar-refractivity contribution >= 4 is 10.9 Å². The lowest BCUT2D eigenvalue weighted by Crippen LogP contribution is -2.37. The van der Waals surface area contributed by atoms with Crippen LogP contribution in [0.4, 0.5) is 0 Å². The smallest absolute Gasteiger partial charge is 0.0746 e. The number of hydrogen-bond acceptors (Lipinski definition) is 5. The standard InChI is InChI=1S/C22H28N4O2/c1-16-13-22(20-15-26(7-10-27)24-17(20)2)23-21-4-3-18(14-19(16)21)5-6-25-8-11-28-12-9-25/h3-4,13-15,27H,5-12H2,1-2H3. The van der Waals surface area contributed by atoms with Crippen molar-refractivity contribution in [2.24, 2.45) is 0 Å². The Hall–Kier alpha value is -2.28. The molecule has 0 saturated carbocycles. The van der Waals surface area contributed by atoms with Crippen LogP contribution in [0, 0.1) is 13.8 Å². The number of pyridine rings is 1. The average Bonchev–Trinajstić information content (AvgIpc) is 3.08. The van der Waals surface area contributed by atoms with Gasteiger partial charge in [0, 0.05) is 36.8 Å². The van der Waals surface area contributed by atoms with Crippen molar-refractivity contribution in [1.82, 2.24) is 19.7 Å². The number of aryl methyl sites for hydroxylation is 2. The zero-order valence-corrected chi connectivity index (χ0v) is 16.7. The summed E-state index contributed by atoms with van der Waals surface area (Å²) in [5, 5.41) is 14.8. The molecule has 0 amide bonds. The van der Waals surface area contributed by atoms with Crippen molar-refractivity contribution < 1.29 is 9.84 Å². The maximum absolute atomic E-state index is 9.14. The van der Waals surface area contributed by atoms with E-state index in [0.29, 0.717) is 6.54 Å². The number of morpholine rings is 1. The molecule has 1 aliphatic heterocycles. The summed E-state index contributed by atoms with van der Waals surface area (Å²) in [5.41, 5.74) is 6.48. The van der Waals surface area contributed by atoms with Crippen molar-refractivity contribution in [1.29, 1.82) is 0 Å². The van der Waals surface area contributed by atoms with E-state index in [1.165, 1.54) is 16.5 Å². The number of nitrogens with zero attached hydrogens (tertiary/aromatic N) is 4. The Balaban J connectivity index is 1.57. The van der Waals surface area contributed by atoms with Crippen molar-refractivity contribution in [3.63, 3.8) is 0 Å². The topological polar surface area (TPSA) is 63.4 Å². The van der Waals surface area contributed by atoms with Crippen LogP contribution in [0.3, 0.4) is 0 Å². The second-order valence-corrected chi connectivity index (χ2v) is 7.49. The van der Waals surface area contributed by atoms with E-state index < -0.39 is 0 Å². The van der Waals surface area contributed by atoms with E-state index in [0.717, 1.165) is 61.7 Å². The molecule has 28 heavy (non-hydrogen) atoms. The van der Waals surface area contributed by atoms with Gasteiger partial charge in [0.1, 0.15) is 0 Å². The molecule has 0 atom stereocenters. The molecule has 6 heteroatoms. The largest absolute Gasteiger partial charge is 0.394 e. The van der Waals surface area contributed by atoms with Gasteiger partial charge in [-0.3, -0.25) is 9.58 Å². The third kappa shape index (κ3) is 4.09. The van der Waals surface area contributed by atoms with Crippen molar-refractivity contribution in [3.8, 4) is 11.3 Å². The molecule has 3 heterocycles. The summed E-state index contributed by atoms with van der Waals surface area (Å²) in [4.78, 5) is 7.36. The number of aliphatic hydroxyl groups excluding tert-OH is 1. The van der Waals surface area contributed by atoms with Crippen LogP contribution >= 0.6 is 0 Å². The Morgan fingerprint density at radius 2 is 1.93 bits per heavy atom. The molecule has 0 spiro atoms. The van der Waals surface area contributed by atoms with Crippen LogP contribution in [-0.2, 0) is 17.7 Å². The fourth-order valence-electron chi connectivity index (χ4n) is 3.83. The molecule has 1 N–H and O–H groups in total. The minimum absolute atomic E-state index is 0.0813. The lowest BCUT2D eigenvalue weighted by Gasteiger charge is -2.26. The van der Waals surface area contributed by atoms with Crippen LogP contribution < -0.4 is 0 Å². The molecular weight excluding hydrogens is 352 g/mol. The SMILES string of the molecule is Cc1nn(CCO)cc1-c1cc(C)c2cc(CCN3CCOCC3)ccc2n1. The van der Waals surface area contributed by atoms with Gasteiger partial charge in [0.25, 0.3) is 0 Å². The second kappa shape index (κ2) is 8.39. The van der Waals surface area contributed by atoms with Gasteiger partial charge in [-0.2, -0.15) is 5.10 Å². The molecule has 0 unspecified atom stereocenters. The van der Waals surface area contributed by atoms with E-state index in [-0.39, 0.29) is 6.61 Å². The number of benzene rings is 1. The van der Waals surface area contributed by atoms with Crippen molar-refractivity contribution in [2.75, 3.05) is 39.5 Å². The van der Waals surface area contributed by atoms with Gasteiger partial charge >= 0.3 is 0 Å². The molecule has 1 aromatic carbocycles. The molecule has 4 rings (SSSR count). The summed E-state index contributed by atoms with van der Waals surface area (Å²) < 4.78 is 7.21. The highest BCUT2D eigenvalue weighted by atomic mass is 16.5. The van der Waals surface area contributed by atoms with E-state index in [1.807, 2.05) is 13.1 Å². The predicted molar refractivity (Wildman–Crippen MR) is 110 cm³/mol. The third-order valence-electron chi connectivity index (χ3n) is 5.45. The van der Waals surface area contributed by atoms with Crippen LogP contribution in [0.5, 0.6) is 0 Å². The summed E-state index contributed by atoms with van der Waals surface area (Å²) in [5.74, 6) is 0. The normalized spacial score (nSPS) is 15.4. The minimum Gasteiger partial charge on any atom is -0.394 e. The first-order valence-corrected chi connectivity index (χ1v) is 10.00. The fourth-order valence-corrected chi connectivity index (χ4v) is 3.83. The van der Waals surface area contributed by atoms with E-state index in [1.54, 1.807) is 4.68 Å². The molecule has 0 aliphatic carbocycles. The Kier molecular flexibility index (Phi) is 5.71. The molecule has 3 aromatic rings. The predicted octanol–water partition coefficient (Wildman–Crippen LogP) is 2.58. The molecule has 1 fully saturated rings. The summed E-state index contributed by atoms with van der Waals surface area (Å²) >= 11 is 0. The average molecular weight is 380 g/mol. The number of aromatic nitrogens is 3. The second-order valence-electron chi connectivity index (χ2n) is 7.49. The molecular formula is C22H28N4O2. The van der Waals surface area contributed by atoms with Gasteiger partial charge in [-0.1, -0.05) is 6.07 Å². The first-order chi connectivity index (χ1) is 13.6. The zero-order chi connectivity index (χ0) is 19.5. The maximum Gasteiger partial charge on any atom is 0.0746 e. The highest BCUT2D eigenvalue weighted by molar-refractivity contribution is 5.85. The summed E-state index contributed by atoms with van der Waals surface area (Å²) in [6.07, 6.45) is 3.01. The van der Waals surface area contributed by atoms with Crippen LogP contribution in [0.15, 0.2) is 30.5 Å². The lowest BCUT2D eigenvalue weighted by atomic mass is 10.0. The summed E-state index contributed by atoms with van der Waals surface area (Å²) in [7, 11) is 0. The van der Waals surface area contributed by atoms with Crippen molar-refractivity contribution in [2.45, 2.75) is 26.8 Å². The Bertz CT molecular complexity index is 961. The van der Waals surface area contributed by atoms with Gasteiger partial charge in [0.2, 0.25) is 0 Å². The number of ether oxygens (including phenoxy) is 1. The Morgan fingerprint density at radius 1 is 1.11 bits per heavy atom. The summed E-state index contributed by atoms with van der Waals surface area (Å²) in [6.45, 7) is 9.53. The van der Waals surface area contributed by atoms with Crippen LogP contribution in [-0.4, -0.2) is 64.2 Å². The number of rotatable bonds is 6. The molecule has 2 aromatic heterocycles. The van der Waals surface area contributed by atoms with Gasteiger partial charge in [-0.15, -0.1) is 0 Å². The zero-order valence-electron chi connectivity index (χ0n) is 16.7. The van der Waals surface area contributed by atoms with Gasteiger partial charge in [-0.05, 0) is 49.6 Å². The van der Waals surface area contributed by atoms with Gasteiger partial charge in [0.15, 0.2) is 0 Å². The molecule has 1 aliphatic rings. The van der Waals surface area contributed by atoms with Crippen LogP contribution in [0.2, 0.25) is 0 Å². The first-order valence-electron chi connectivity index (χ1n) is 10.00. The van der Waals surface area contributed by atoms with E-state index in [4.69, 9.17) is 14.8 Å². The molecule has 148 valence electrons. The molecule has 0 radical (unpaired) electrons. The fraction of sp³-hybridized carbons (Fsp3) is 0.455. The lowest BCUT2D eigenvalue weighted by molar-refractivity contribution is 0.0384. The Morgan fingerprint density at radius 3 is 2.71 bits per heavy atom.